The minimum absolute atomic E-state index is 0. The average molecular weight is 153 g/mol. The highest BCUT2D eigenvalue weighted by Crippen LogP contribution is 1.96. The van der Waals surface area contributed by atoms with Crippen LogP contribution in [-0.2, 0) is 6.42 Å². The largest absolute Gasteiger partial charge is 0.330 e. The Morgan fingerprint density at radius 1 is 1.18 bits per heavy atom. The third kappa shape index (κ3) is 4.57. The quantitative estimate of drug-likeness (QED) is 0.694. The van der Waals surface area contributed by atoms with Crippen molar-refractivity contribution in [2.75, 3.05) is 6.54 Å². The maximum atomic E-state index is 5.36. The SMILES string of the molecule is CC.NCCc1ccccc1.[HH]. The predicted molar refractivity (Wildman–Crippen MR) is 52.7 cm³/mol. The summed E-state index contributed by atoms with van der Waals surface area (Å²) in [5, 5.41) is 0. The molecule has 0 amide bonds. The summed E-state index contributed by atoms with van der Waals surface area (Å²) in [6.07, 6.45) is 0.987. The molecular weight excluding hydrogens is 134 g/mol. The minimum atomic E-state index is 0. The molecule has 1 rings (SSSR count). The number of benzene rings is 1. The fraction of sp³-hybridized carbons (Fsp3) is 0.400. The van der Waals surface area contributed by atoms with Crippen molar-refractivity contribution in [1.82, 2.24) is 0 Å². The van der Waals surface area contributed by atoms with Crippen molar-refractivity contribution in [3.8, 4) is 0 Å². The zero-order chi connectivity index (χ0) is 8.53. The number of nitrogens with two attached hydrogens (primary N) is 1. The molecule has 1 aromatic carbocycles. The van der Waals surface area contributed by atoms with E-state index in [0.717, 1.165) is 13.0 Å². The van der Waals surface area contributed by atoms with Crippen LogP contribution in [0.25, 0.3) is 0 Å². The van der Waals surface area contributed by atoms with Crippen LogP contribution < -0.4 is 5.73 Å². The second-order valence-electron chi connectivity index (χ2n) is 2.02. The van der Waals surface area contributed by atoms with Crippen LogP contribution in [0.2, 0.25) is 0 Å². The molecule has 0 saturated heterocycles. The molecular formula is C10H19N. The third-order valence-electron chi connectivity index (χ3n) is 1.28. The van der Waals surface area contributed by atoms with E-state index < -0.39 is 0 Å². The summed E-state index contributed by atoms with van der Waals surface area (Å²) in [4.78, 5) is 0. The highest BCUT2D eigenvalue weighted by molar-refractivity contribution is 5.14. The van der Waals surface area contributed by atoms with Gasteiger partial charge in [-0.25, -0.2) is 0 Å². The Kier molecular flexibility index (Phi) is 6.75. The highest BCUT2D eigenvalue weighted by Gasteiger charge is 1.84. The van der Waals surface area contributed by atoms with E-state index in [4.69, 9.17) is 5.73 Å². The van der Waals surface area contributed by atoms with Gasteiger partial charge < -0.3 is 5.73 Å². The van der Waals surface area contributed by atoms with Crippen LogP contribution in [0.3, 0.4) is 0 Å². The second kappa shape index (κ2) is 7.29. The maximum Gasteiger partial charge on any atom is 0 e. The van der Waals surface area contributed by atoms with E-state index in [1.165, 1.54) is 5.56 Å². The Morgan fingerprint density at radius 2 is 1.73 bits per heavy atom. The normalized spacial score (nSPS) is 8.27. The minimum Gasteiger partial charge on any atom is -0.330 e. The summed E-state index contributed by atoms with van der Waals surface area (Å²) < 4.78 is 0. The molecule has 0 aliphatic carbocycles. The van der Waals surface area contributed by atoms with E-state index in [1.54, 1.807) is 0 Å². The van der Waals surface area contributed by atoms with Crippen molar-refractivity contribution in [2.45, 2.75) is 20.3 Å². The Bertz CT molecular complexity index is 163. The summed E-state index contributed by atoms with van der Waals surface area (Å²) in [7, 11) is 0. The molecule has 1 aromatic rings. The van der Waals surface area contributed by atoms with Crippen LogP contribution in [0, 0.1) is 0 Å². The van der Waals surface area contributed by atoms with Crippen molar-refractivity contribution in [2.24, 2.45) is 5.73 Å². The van der Waals surface area contributed by atoms with Gasteiger partial charge in [-0.1, -0.05) is 44.2 Å². The van der Waals surface area contributed by atoms with E-state index in [1.807, 2.05) is 32.0 Å². The first kappa shape index (κ1) is 10.2. The lowest BCUT2D eigenvalue weighted by atomic mass is 10.2. The van der Waals surface area contributed by atoms with Gasteiger partial charge >= 0.3 is 0 Å². The van der Waals surface area contributed by atoms with Crippen LogP contribution in [-0.4, -0.2) is 6.54 Å². The van der Waals surface area contributed by atoms with Crippen molar-refractivity contribution in [3.05, 3.63) is 35.9 Å². The standard InChI is InChI=1S/C8H11N.C2H6.H2/c9-7-6-8-4-2-1-3-5-8;1-2;/h1-5H,6-7,9H2;1-2H3;1H. The highest BCUT2D eigenvalue weighted by atomic mass is 14.5. The lowest BCUT2D eigenvalue weighted by Gasteiger charge is -1.93. The Hall–Kier alpha value is -0.820. The van der Waals surface area contributed by atoms with Crippen molar-refractivity contribution >= 4 is 0 Å². The average Bonchev–Trinajstić information content (AvgIpc) is 2.11. The Morgan fingerprint density at radius 3 is 2.18 bits per heavy atom. The van der Waals surface area contributed by atoms with Gasteiger partial charge in [-0.05, 0) is 18.5 Å². The van der Waals surface area contributed by atoms with Gasteiger partial charge in [0.05, 0.1) is 0 Å². The van der Waals surface area contributed by atoms with Crippen LogP contribution in [0.4, 0.5) is 0 Å². The molecule has 2 N–H and O–H groups in total. The van der Waals surface area contributed by atoms with E-state index >= 15 is 0 Å². The van der Waals surface area contributed by atoms with E-state index in [9.17, 15) is 0 Å². The first-order valence-corrected chi connectivity index (χ1v) is 4.17. The van der Waals surface area contributed by atoms with Crippen LogP contribution in [0.1, 0.15) is 20.8 Å². The van der Waals surface area contributed by atoms with Crippen molar-refractivity contribution in [3.63, 3.8) is 0 Å². The summed E-state index contributed by atoms with van der Waals surface area (Å²) in [5.74, 6) is 0. The van der Waals surface area contributed by atoms with Crippen molar-refractivity contribution in [1.29, 1.82) is 0 Å². The van der Waals surface area contributed by atoms with Crippen molar-refractivity contribution < 1.29 is 1.43 Å². The molecule has 0 radical (unpaired) electrons. The molecule has 0 heterocycles. The summed E-state index contributed by atoms with van der Waals surface area (Å²) >= 11 is 0. The summed E-state index contributed by atoms with van der Waals surface area (Å²) in [6, 6.07) is 10.3. The molecule has 0 aliphatic rings. The molecule has 1 heteroatoms. The molecule has 0 bridgehead atoms. The summed E-state index contributed by atoms with van der Waals surface area (Å²) in [5.41, 5.74) is 6.68. The van der Waals surface area contributed by atoms with Gasteiger partial charge in [0.15, 0.2) is 0 Å². The fourth-order valence-corrected chi connectivity index (χ4v) is 0.811. The van der Waals surface area contributed by atoms with E-state index in [2.05, 4.69) is 12.1 Å². The number of hydrogen-bond donors (Lipinski definition) is 1. The maximum absolute atomic E-state index is 5.36. The first-order chi connectivity index (χ1) is 5.43. The van der Waals surface area contributed by atoms with Crippen LogP contribution in [0.15, 0.2) is 30.3 Å². The smallest absolute Gasteiger partial charge is 0 e. The second-order valence-corrected chi connectivity index (χ2v) is 2.02. The molecule has 64 valence electrons. The fourth-order valence-electron chi connectivity index (χ4n) is 0.811. The predicted octanol–water partition coefficient (Wildman–Crippen LogP) is 2.46. The molecule has 0 aromatic heterocycles. The third-order valence-corrected chi connectivity index (χ3v) is 1.28. The van der Waals surface area contributed by atoms with Gasteiger partial charge in [-0.3, -0.25) is 0 Å². The molecule has 0 spiro atoms. The topological polar surface area (TPSA) is 26.0 Å². The molecule has 0 atom stereocenters. The number of hydrogen-bond acceptors (Lipinski definition) is 1. The van der Waals surface area contributed by atoms with Gasteiger partial charge in [0, 0.05) is 1.43 Å². The zero-order valence-electron chi connectivity index (χ0n) is 7.38. The van der Waals surface area contributed by atoms with Gasteiger partial charge in [0.25, 0.3) is 0 Å². The van der Waals surface area contributed by atoms with Gasteiger partial charge in [-0.2, -0.15) is 0 Å². The molecule has 0 unspecified atom stereocenters. The van der Waals surface area contributed by atoms with E-state index in [-0.39, 0.29) is 1.43 Å². The summed E-state index contributed by atoms with van der Waals surface area (Å²) in [6.45, 7) is 4.74. The van der Waals surface area contributed by atoms with Gasteiger partial charge in [0.2, 0.25) is 0 Å². The molecule has 0 saturated carbocycles. The van der Waals surface area contributed by atoms with E-state index in [0.29, 0.717) is 0 Å². The zero-order valence-corrected chi connectivity index (χ0v) is 7.38. The Balaban J connectivity index is 0. The molecule has 0 aliphatic heterocycles. The molecule has 11 heavy (non-hydrogen) atoms. The van der Waals surface area contributed by atoms with Crippen LogP contribution >= 0.6 is 0 Å². The monoisotopic (exact) mass is 153 g/mol. The molecule has 1 nitrogen and oxygen atoms in total. The molecule has 0 fully saturated rings. The van der Waals surface area contributed by atoms with Crippen LogP contribution in [0.5, 0.6) is 0 Å². The number of rotatable bonds is 2. The van der Waals surface area contributed by atoms with Gasteiger partial charge in [-0.15, -0.1) is 0 Å². The Labute approximate surface area is 70.7 Å². The lowest BCUT2D eigenvalue weighted by Crippen LogP contribution is -2.01. The van der Waals surface area contributed by atoms with Gasteiger partial charge in [0.1, 0.15) is 0 Å². The lowest BCUT2D eigenvalue weighted by molar-refractivity contribution is 0.969. The first-order valence-electron chi connectivity index (χ1n) is 4.17.